The molecule has 0 spiro atoms. The van der Waals surface area contributed by atoms with Gasteiger partial charge in [0, 0.05) is 30.2 Å². The van der Waals surface area contributed by atoms with E-state index in [1.165, 1.54) is 0 Å². The number of benzene rings is 2. The standard InChI is InChI=1S/C23H25N3O2S/c1-18-26-21(17-29-18)16-28-22-11-8-19(9-12-22)10-13-23(27)25-15-5-14-24-20-6-3-2-4-7-20/h2-4,6-13,17,24H,5,14-16H2,1H3,(H,25,27)/b13-10+. The van der Waals surface area contributed by atoms with Crippen molar-refractivity contribution >= 4 is 29.0 Å². The minimum absolute atomic E-state index is 0.0936. The van der Waals surface area contributed by atoms with Crippen LogP contribution in [0, 0.1) is 6.92 Å². The fourth-order valence-electron chi connectivity index (χ4n) is 2.63. The zero-order chi connectivity index (χ0) is 20.3. The molecule has 0 aliphatic heterocycles. The van der Waals surface area contributed by atoms with Crippen molar-refractivity contribution in [2.45, 2.75) is 20.0 Å². The second-order valence-electron chi connectivity index (χ2n) is 6.49. The monoisotopic (exact) mass is 407 g/mol. The van der Waals surface area contributed by atoms with Gasteiger partial charge in [0.1, 0.15) is 12.4 Å². The van der Waals surface area contributed by atoms with Crippen LogP contribution >= 0.6 is 11.3 Å². The van der Waals surface area contributed by atoms with Gasteiger partial charge >= 0.3 is 0 Å². The van der Waals surface area contributed by atoms with Crippen LogP contribution < -0.4 is 15.4 Å². The van der Waals surface area contributed by atoms with Gasteiger partial charge < -0.3 is 15.4 Å². The molecule has 0 atom stereocenters. The van der Waals surface area contributed by atoms with Crippen LogP contribution in [0.4, 0.5) is 5.69 Å². The van der Waals surface area contributed by atoms with E-state index >= 15 is 0 Å². The first kappa shape index (κ1) is 20.6. The highest BCUT2D eigenvalue weighted by molar-refractivity contribution is 7.09. The van der Waals surface area contributed by atoms with Crippen molar-refractivity contribution < 1.29 is 9.53 Å². The number of nitrogens with zero attached hydrogens (tertiary/aromatic N) is 1. The number of aryl methyl sites for hydroxylation is 1. The number of carbonyl (C=O) groups excluding carboxylic acids is 1. The molecule has 0 unspecified atom stereocenters. The predicted molar refractivity (Wildman–Crippen MR) is 119 cm³/mol. The number of ether oxygens (including phenoxy) is 1. The van der Waals surface area contributed by atoms with Crippen LogP contribution in [-0.2, 0) is 11.4 Å². The summed E-state index contributed by atoms with van der Waals surface area (Å²) < 4.78 is 5.73. The first-order valence-corrected chi connectivity index (χ1v) is 10.5. The summed E-state index contributed by atoms with van der Waals surface area (Å²) >= 11 is 1.62. The Morgan fingerprint density at radius 2 is 1.90 bits per heavy atom. The van der Waals surface area contributed by atoms with Crippen LogP contribution in [0.5, 0.6) is 5.75 Å². The third kappa shape index (κ3) is 7.43. The van der Waals surface area contributed by atoms with Crippen molar-refractivity contribution in [3.8, 4) is 5.75 Å². The van der Waals surface area contributed by atoms with Crippen LogP contribution in [0.15, 0.2) is 66.1 Å². The molecule has 6 heteroatoms. The van der Waals surface area contributed by atoms with Gasteiger partial charge in [0.15, 0.2) is 0 Å². The van der Waals surface area contributed by atoms with E-state index in [1.54, 1.807) is 23.5 Å². The molecule has 0 fully saturated rings. The summed E-state index contributed by atoms with van der Waals surface area (Å²) in [5, 5.41) is 9.25. The summed E-state index contributed by atoms with van der Waals surface area (Å²) in [5.74, 6) is 0.687. The van der Waals surface area contributed by atoms with E-state index < -0.39 is 0 Å². The molecule has 0 saturated carbocycles. The Labute approximate surface area is 175 Å². The van der Waals surface area contributed by atoms with E-state index in [2.05, 4.69) is 15.6 Å². The van der Waals surface area contributed by atoms with E-state index in [0.29, 0.717) is 13.2 Å². The lowest BCUT2D eigenvalue weighted by Crippen LogP contribution is -2.23. The summed E-state index contributed by atoms with van der Waals surface area (Å²) in [5.41, 5.74) is 2.97. The Hall–Kier alpha value is -3.12. The number of aromatic nitrogens is 1. The molecule has 2 N–H and O–H groups in total. The molecule has 3 rings (SSSR count). The van der Waals surface area contributed by atoms with Crippen molar-refractivity contribution in [1.29, 1.82) is 0 Å². The van der Waals surface area contributed by atoms with Gasteiger partial charge in [-0.05, 0) is 49.2 Å². The van der Waals surface area contributed by atoms with Crippen LogP contribution in [0.25, 0.3) is 6.08 Å². The maximum Gasteiger partial charge on any atom is 0.244 e. The van der Waals surface area contributed by atoms with E-state index in [0.717, 1.165) is 40.7 Å². The molecule has 0 aliphatic rings. The highest BCUT2D eigenvalue weighted by atomic mass is 32.1. The lowest BCUT2D eigenvalue weighted by molar-refractivity contribution is -0.116. The second-order valence-corrected chi connectivity index (χ2v) is 7.55. The van der Waals surface area contributed by atoms with Crippen LogP contribution in [0.2, 0.25) is 0 Å². The first-order valence-electron chi connectivity index (χ1n) is 9.58. The topological polar surface area (TPSA) is 63.2 Å². The molecule has 0 bridgehead atoms. The van der Waals surface area contributed by atoms with Crippen molar-refractivity contribution in [1.82, 2.24) is 10.3 Å². The lowest BCUT2D eigenvalue weighted by Gasteiger charge is -2.06. The zero-order valence-corrected chi connectivity index (χ0v) is 17.2. The number of carbonyl (C=O) groups is 1. The number of hydrogen-bond acceptors (Lipinski definition) is 5. The van der Waals surface area contributed by atoms with E-state index in [-0.39, 0.29) is 5.91 Å². The van der Waals surface area contributed by atoms with Gasteiger partial charge in [-0.25, -0.2) is 4.98 Å². The summed E-state index contributed by atoms with van der Waals surface area (Å²) in [6.45, 7) is 3.88. The average molecular weight is 408 g/mol. The van der Waals surface area contributed by atoms with E-state index in [1.807, 2.05) is 66.9 Å². The number of nitrogens with one attached hydrogen (secondary N) is 2. The van der Waals surface area contributed by atoms with Crippen molar-refractivity contribution in [2.24, 2.45) is 0 Å². The zero-order valence-electron chi connectivity index (χ0n) is 16.4. The van der Waals surface area contributed by atoms with Crippen molar-refractivity contribution in [3.05, 3.63) is 82.3 Å². The smallest absolute Gasteiger partial charge is 0.244 e. The normalized spacial score (nSPS) is 10.8. The fourth-order valence-corrected chi connectivity index (χ4v) is 3.22. The van der Waals surface area contributed by atoms with Gasteiger partial charge in [0.25, 0.3) is 0 Å². The van der Waals surface area contributed by atoms with E-state index in [4.69, 9.17) is 4.74 Å². The van der Waals surface area contributed by atoms with Gasteiger partial charge in [0.2, 0.25) is 5.91 Å². The van der Waals surface area contributed by atoms with Crippen LogP contribution in [0.3, 0.4) is 0 Å². The molecule has 1 amide bonds. The molecule has 150 valence electrons. The number of para-hydroxylation sites is 1. The van der Waals surface area contributed by atoms with Crippen molar-refractivity contribution in [3.63, 3.8) is 0 Å². The Bertz CT molecular complexity index is 921. The molecule has 0 radical (unpaired) electrons. The Morgan fingerprint density at radius 3 is 2.62 bits per heavy atom. The lowest BCUT2D eigenvalue weighted by atomic mass is 10.2. The molecule has 3 aromatic rings. The highest BCUT2D eigenvalue weighted by Gasteiger charge is 2.00. The quantitative estimate of drug-likeness (QED) is 0.379. The second kappa shape index (κ2) is 11.0. The minimum atomic E-state index is -0.0936. The number of rotatable bonds is 10. The summed E-state index contributed by atoms with van der Waals surface area (Å²) in [6, 6.07) is 17.7. The summed E-state index contributed by atoms with van der Waals surface area (Å²) in [7, 11) is 0. The largest absolute Gasteiger partial charge is 0.487 e. The van der Waals surface area contributed by atoms with Crippen LogP contribution in [0.1, 0.15) is 22.7 Å². The Kier molecular flexibility index (Phi) is 7.83. The minimum Gasteiger partial charge on any atom is -0.487 e. The Morgan fingerprint density at radius 1 is 1.10 bits per heavy atom. The van der Waals surface area contributed by atoms with Gasteiger partial charge in [-0.15, -0.1) is 11.3 Å². The first-order chi connectivity index (χ1) is 14.2. The maximum atomic E-state index is 11.9. The molecule has 0 aliphatic carbocycles. The molecule has 29 heavy (non-hydrogen) atoms. The van der Waals surface area contributed by atoms with Crippen LogP contribution in [-0.4, -0.2) is 24.0 Å². The molecule has 1 heterocycles. The Balaban J connectivity index is 1.33. The number of anilines is 1. The highest BCUT2D eigenvalue weighted by Crippen LogP contribution is 2.16. The SMILES string of the molecule is Cc1nc(COc2ccc(/C=C/C(=O)NCCCNc3ccccc3)cc2)cs1. The van der Waals surface area contributed by atoms with Gasteiger partial charge in [-0.1, -0.05) is 30.3 Å². The summed E-state index contributed by atoms with van der Waals surface area (Å²) in [6.07, 6.45) is 4.21. The average Bonchev–Trinajstić information content (AvgIpc) is 3.17. The third-order valence-corrected chi connectivity index (χ3v) is 4.94. The summed E-state index contributed by atoms with van der Waals surface area (Å²) in [4.78, 5) is 16.3. The number of hydrogen-bond donors (Lipinski definition) is 2. The number of amides is 1. The van der Waals surface area contributed by atoms with E-state index in [9.17, 15) is 4.79 Å². The predicted octanol–water partition coefficient (Wildman–Crippen LogP) is 4.66. The molecule has 5 nitrogen and oxygen atoms in total. The van der Waals surface area contributed by atoms with Crippen molar-refractivity contribution in [2.75, 3.05) is 18.4 Å². The molecule has 1 aromatic heterocycles. The molecular weight excluding hydrogens is 382 g/mol. The van der Waals surface area contributed by atoms with Gasteiger partial charge in [0.05, 0.1) is 10.7 Å². The molecule has 2 aromatic carbocycles. The number of thiazole rings is 1. The molecule has 0 saturated heterocycles. The third-order valence-electron chi connectivity index (χ3n) is 4.12. The molecular formula is C23H25N3O2S. The fraction of sp³-hybridized carbons (Fsp3) is 0.217. The van der Waals surface area contributed by atoms with Gasteiger partial charge in [-0.3, -0.25) is 4.79 Å². The maximum absolute atomic E-state index is 11.9. The van der Waals surface area contributed by atoms with Gasteiger partial charge in [-0.2, -0.15) is 0 Å².